The van der Waals surface area contributed by atoms with Gasteiger partial charge in [0.2, 0.25) is 0 Å². The topological polar surface area (TPSA) is 49.9 Å². The largest absolute Gasteiger partial charge is 0.492 e. The van der Waals surface area contributed by atoms with Crippen LogP contribution in [0.2, 0.25) is 0 Å². The van der Waals surface area contributed by atoms with Gasteiger partial charge in [-0.05, 0) is 56.2 Å². The third-order valence-electron chi connectivity index (χ3n) is 5.92. The minimum Gasteiger partial charge on any atom is -0.492 e. The third kappa shape index (κ3) is 3.56. The van der Waals surface area contributed by atoms with Gasteiger partial charge in [-0.3, -0.25) is 0 Å². The Morgan fingerprint density at radius 2 is 1.89 bits per heavy atom. The van der Waals surface area contributed by atoms with E-state index >= 15 is 0 Å². The number of alkyl halides is 3. The second-order valence-electron chi connectivity index (χ2n) is 7.57. The minimum absolute atomic E-state index is 0.0179. The molecule has 3 aliphatic rings. The summed E-state index contributed by atoms with van der Waals surface area (Å²) in [5.41, 5.74) is -0.769. The number of nitrogens with zero attached hydrogens (tertiary/aromatic N) is 2. The summed E-state index contributed by atoms with van der Waals surface area (Å²) in [4.78, 5) is 0. The van der Waals surface area contributed by atoms with Crippen LogP contribution < -0.4 is 4.74 Å². The van der Waals surface area contributed by atoms with Crippen LogP contribution in [-0.2, 0) is 16.4 Å². The molecule has 2 aliphatic heterocycles. The molecule has 2 unspecified atom stereocenters. The fraction of sp³-hybridized carbons (Fsp3) is 0.667. The van der Waals surface area contributed by atoms with Gasteiger partial charge in [0.25, 0.3) is 10.2 Å². The van der Waals surface area contributed by atoms with Crippen LogP contribution in [0.1, 0.15) is 37.7 Å². The van der Waals surface area contributed by atoms with Gasteiger partial charge in [-0.15, -0.1) is 0 Å². The van der Waals surface area contributed by atoms with Gasteiger partial charge in [0.05, 0.1) is 11.6 Å². The van der Waals surface area contributed by atoms with Crippen molar-refractivity contribution < 1.29 is 26.3 Å². The Morgan fingerprint density at radius 1 is 1.15 bits per heavy atom. The molecular formula is C18H23F3N2O3S. The lowest BCUT2D eigenvalue weighted by Gasteiger charge is -2.36. The summed E-state index contributed by atoms with van der Waals surface area (Å²) in [6, 6.07) is 4.40. The quantitative estimate of drug-likeness (QED) is 0.757. The van der Waals surface area contributed by atoms with Crippen molar-refractivity contribution in [3.8, 4) is 5.75 Å². The molecule has 1 aromatic rings. The fourth-order valence-electron chi connectivity index (χ4n) is 4.62. The lowest BCUT2D eigenvalue weighted by atomic mass is 10.0. The summed E-state index contributed by atoms with van der Waals surface area (Å²) in [6.45, 7) is 1.16. The van der Waals surface area contributed by atoms with E-state index in [1.165, 1.54) is 16.4 Å². The molecule has 0 N–H and O–H groups in total. The van der Waals surface area contributed by atoms with E-state index in [0.717, 1.165) is 44.2 Å². The highest BCUT2D eigenvalue weighted by atomic mass is 32.2. The van der Waals surface area contributed by atoms with Gasteiger partial charge >= 0.3 is 6.18 Å². The van der Waals surface area contributed by atoms with Gasteiger partial charge in [-0.25, -0.2) is 0 Å². The van der Waals surface area contributed by atoms with E-state index in [-0.39, 0.29) is 30.4 Å². The van der Waals surface area contributed by atoms with Crippen LogP contribution >= 0.6 is 0 Å². The van der Waals surface area contributed by atoms with E-state index in [0.29, 0.717) is 13.1 Å². The zero-order valence-corrected chi connectivity index (χ0v) is 15.7. The summed E-state index contributed by atoms with van der Waals surface area (Å²) >= 11 is 0. The summed E-state index contributed by atoms with van der Waals surface area (Å²) in [6.07, 6.45) is -0.106. The van der Waals surface area contributed by atoms with Crippen molar-refractivity contribution >= 4 is 10.2 Å². The van der Waals surface area contributed by atoms with Gasteiger partial charge in [0.1, 0.15) is 12.4 Å². The maximum absolute atomic E-state index is 13.1. The zero-order valence-electron chi connectivity index (χ0n) is 14.9. The third-order valence-corrected chi connectivity index (χ3v) is 8.04. The van der Waals surface area contributed by atoms with E-state index in [1.807, 2.05) is 0 Å². The molecule has 1 saturated carbocycles. The van der Waals surface area contributed by atoms with Gasteiger partial charge in [0, 0.05) is 19.1 Å². The van der Waals surface area contributed by atoms with Gasteiger partial charge in [0.15, 0.2) is 0 Å². The van der Waals surface area contributed by atoms with E-state index in [9.17, 15) is 21.6 Å². The molecule has 2 bridgehead atoms. The molecule has 1 aliphatic carbocycles. The summed E-state index contributed by atoms with van der Waals surface area (Å²) in [5, 5.41) is 0. The van der Waals surface area contributed by atoms with Gasteiger partial charge in [-0.2, -0.15) is 30.2 Å². The predicted octanol–water partition coefficient (Wildman–Crippen LogP) is 3.28. The molecule has 9 heteroatoms. The molecule has 3 atom stereocenters. The first kappa shape index (κ1) is 19.0. The number of rotatable bonds is 5. The van der Waals surface area contributed by atoms with Crippen molar-refractivity contribution in [1.82, 2.24) is 8.61 Å². The Labute approximate surface area is 157 Å². The summed E-state index contributed by atoms with van der Waals surface area (Å²) in [5.74, 6) is 0.323. The highest BCUT2D eigenvalue weighted by Gasteiger charge is 2.53. The molecule has 27 heavy (non-hydrogen) atoms. The molecule has 0 amide bonds. The normalized spacial score (nSPS) is 29.5. The van der Waals surface area contributed by atoms with Crippen LogP contribution in [0, 0.1) is 5.92 Å². The van der Waals surface area contributed by atoms with Crippen LogP contribution in [0.3, 0.4) is 0 Å². The molecule has 4 rings (SSSR count). The Balaban J connectivity index is 1.51. The van der Waals surface area contributed by atoms with Crippen molar-refractivity contribution in [3.63, 3.8) is 0 Å². The number of ether oxygens (including phenoxy) is 1. The van der Waals surface area contributed by atoms with E-state index in [4.69, 9.17) is 4.74 Å². The smallest absolute Gasteiger partial charge is 0.416 e. The monoisotopic (exact) mass is 404 g/mol. The molecule has 150 valence electrons. The van der Waals surface area contributed by atoms with Crippen LogP contribution in [0.4, 0.5) is 13.2 Å². The van der Waals surface area contributed by atoms with Crippen LogP contribution in [0.15, 0.2) is 24.3 Å². The van der Waals surface area contributed by atoms with Gasteiger partial charge < -0.3 is 4.74 Å². The SMILES string of the molecule is O=S(=O)(N1CCCC1)N1C2CCC(C2)[C@@H]1COc1cccc(C(F)(F)F)c1. The fourth-order valence-corrected chi connectivity index (χ4v) is 6.75. The highest BCUT2D eigenvalue weighted by Crippen LogP contribution is 2.45. The first-order chi connectivity index (χ1) is 12.8. The summed E-state index contributed by atoms with van der Waals surface area (Å²) in [7, 11) is -3.55. The van der Waals surface area contributed by atoms with E-state index in [2.05, 4.69) is 0 Å². The van der Waals surface area contributed by atoms with E-state index < -0.39 is 21.9 Å². The number of benzene rings is 1. The molecule has 0 aromatic heterocycles. The lowest BCUT2D eigenvalue weighted by molar-refractivity contribution is -0.137. The molecule has 1 aromatic carbocycles. The first-order valence-corrected chi connectivity index (χ1v) is 10.7. The molecule has 0 radical (unpaired) electrons. The Morgan fingerprint density at radius 3 is 2.59 bits per heavy atom. The number of fused-ring (bicyclic) bond motifs is 2. The number of piperidine rings is 1. The first-order valence-electron chi connectivity index (χ1n) is 9.35. The van der Waals surface area contributed by atoms with Crippen molar-refractivity contribution in [2.24, 2.45) is 5.92 Å². The molecular weight excluding hydrogens is 381 g/mol. The van der Waals surface area contributed by atoms with Crippen molar-refractivity contribution in [3.05, 3.63) is 29.8 Å². The highest BCUT2D eigenvalue weighted by molar-refractivity contribution is 7.86. The Bertz CT molecular complexity index is 793. The Hall–Kier alpha value is -1.32. The summed E-state index contributed by atoms with van der Waals surface area (Å²) < 4.78 is 73.5. The number of halogens is 3. The lowest BCUT2D eigenvalue weighted by Crippen LogP contribution is -2.52. The van der Waals surface area contributed by atoms with Crippen molar-refractivity contribution in [2.45, 2.75) is 50.4 Å². The second kappa shape index (κ2) is 6.93. The molecule has 2 saturated heterocycles. The maximum atomic E-state index is 13.1. The number of hydrogen-bond acceptors (Lipinski definition) is 3. The van der Waals surface area contributed by atoms with Crippen LogP contribution in [-0.4, -0.2) is 48.8 Å². The average molecular weight is 404 g/mol. The average Bonchev–Trinajstić information content (AvgIpc) is 3.35. The zero-order chi connectivity index (χ0) is 19.2. The van der Waals surface area contributed by atoms with E-state index in [1.54, 1.807) is 4.31 Å². The van der Waals surface area contributed by atoms with Crippen molar-refractivity contribution in [1.29, 1.82) is 0 Å². The minimum atomic E-state index is -4.43. The molecule has 3 fully saturated rings. The van der Waals surface area contributed by atoms with Crippen LogP contribution in [0.25, 0.3) is 0 Å². The predicted molar refractivity (Wildman–Crippen MR) is 93.4 cm³/mol. The van der Waals surface area contributed by atoms with Gasteiger partial charge in [-0.1, -0.05) is 6.07 Å². The molecule has 5 nitrogen and oxygen atoms in total. The standard InChI is InChI=1S/C18H23F3N2O3S/c19-18(20,21)14-4-3-5-16(11-14)26-12-17-13-6-7-15(10-13)23(17)27(24,25)22-8-1-2-9-22/h3-5,11,13,15,17H,1-2,6-10,12H2/t13?,15?,17-/m0/s1. The maximum Gasteiger partial charge on any atom is 0.416 e. The van der Waals surface area contributed by atoms with Crippen molar-refractivity contribution in [2.75, 3.05) is 19.7 Å². The molecule has 2 heterocycles. The Kier molecular flexibility index (Phi) is 4.88. The number of hydrogen-bond donors (Lipinski definition) is 0. The van der Waals surface area contributed by atoms with Crippen LogP contribution in [0.5, 0.6) is 5.75 Å². The molecule has 0 spiro atoms. The second-order valence-corrected chi connectivity index (χ2v) is 9.41.